The highest BCUT2D eigenvalue weighted by Gasteiger charge is 2.28. The van der Waals surface area contributed by atoms with E-state index in [0.29, 0.717) is 15.4 Å². The molecule has 2 N–H and O–H groups in total. The Kier molecular flexibility index (Phi) is 7.46. The van der Waals surface area contributed by atoms with Gasteiger partial charge in [-0.2, -0.15) is 0 Å². The van der Waals surface area contributed by atoms with Gasteiger partial charge in [-0.1, -0.05) is 24.3 Å². The Labute approximate surface area is 186 Å². The van der Waals surface area contributed by atoms with Crippen molar-refractivity contribution in [1.29, 1.82) is 0 Å². The maximum absolute atomic E-state index is 12.9. The molecule has 1 aromatic heterocycles. The molecule has 31 heavy (non-hydrogen) atoms. The van der Waals surface area contributed by atoms with E-state index in [0.717, 1.165) is 30.6 Å². The SMILES string of the molecule is CCOC(=O)c1c(NC(=O)CN(C)C2CCCc3ccccc32)sc(C(=O)NC)c1C. The molecule has 2 amide bonds. The highest BCUT2D eigenvalue weighted by atomic mass is 32.1. The van der Waals surface area contributed by atoms with Crippen LogP contribution >= 0.6 is 11.3 Å². The van der Waals surface area contributed by atoms with Crippen LogP contribution in [0.1, 0.15) is 62.5 Å². The lowest BCUT2D eigenvalue weighted by atomic mass is 9.87. The number of aryl methyl sites for hydroxylation is 1. The predicted molar refractivity (Wildman–Crippen MR) is 122 cm³/mol. The van der Waals surface area contributed by atoms with E-state index in [9.17, 15) is 14.4 Å². The monoisotopic (exact) mass is 443 g/mol. The van der Waals surface area contributed by atoms with E-state index in [1.54, 1.807) is 13.8 Å². The second-order valence-corrected chi connectivity index (χ2v) is 8.65. The lowest BCUT2D eigenvalue weighted by Gasteiger charge is -2.32. The van der Waals surface area contributed by atoms with Crippen LogP contribution in [0.15, 0.2) is 24.3 Å². The van der Waals surface area contributed by atoms with Crippen LogP contribution in [-0.4, -0.2) is 49.9 Å². The van der Waals surface area contributed by atoms with Crippen molar-refractivity contribution in [3.05, 3.63) is 51.4 Å². The molecule has 0 radical (unpaired) electrons. The van der Waals surface area contributed by atoms with E-state index in [4.69, 9.17) is 4.74 Å². The molecule has 2 aromatic rings. The van der Waals surface area contributed by atoms with Gasteiger partial charge in [-0.25, -0.2) is 4.79 Å². The van der Waals surface area contributed by atoms with E-state index in [1.807, 2.05) is 24.1 Å². The van der Waals surface area contributed by atoms with Crippen molar-refractivity contribution in [3.8, 4) is 0 Å². The van der Waals surface area contributed by atoms with Crippen molar-refractivity contribution in [3.63, 3.8) is 0 Å². The highest BCUT2D eigenvalue weighted by molar-refractivity contribution is 7.18. The summed E-state index contributed by atoms with van der Waals surface area (Å²) in [6, 6.07) is 8.53. The second-order valence-electron chi connectivity index (χ2n) is 7.63. The van der Waals surface area contributed by atoms with E-state index in [1.165, 1.54) is 18.2 Å². The zero-order chi connectivity index (χ0) is 22.5. The van der Waals surface area contributed by atoms with Gasteiger partial charge in [0.05, 0.1) is 23.6 Å². The molecule has 8 heteroatoms. The van der Waals surface area contributed by atoms with Crippen LogP contribution < -0.4 is 10.6 Å². The topological polar surface area (TPSA) is 87.7 Å². The number of benzene rings is 1. The van der Waals surface area contributed by atoms with Crippen molar-refractivity contribution in [2.45, 2.75) is 39.2 Å². The number of fused-ring (bicyclic) bond motifs is 1. The predicted octanol–water partition coefficient (Wildman–Crippen LogP) is 3.54. The molecule has 0 aliphatic heterocycles. The molecular formula is C23H29N3O4S. The van der Waals surface area contributed by atoms with E-state index >= 15 is 0 Å². The van der Waals surface area contributed by atoms with Crippen LogP contribution in [0, 0.1) is 6.92 Å². The molecule has 3 rings (SSSR count). The molecule has 0 spiro atoms. The van der Waals surface area contributed by atoms with Gasteiger partial charge in [0.2, 0.25) is 5.91 Å². The Morgan fingerprint density at radius 1 is 1.26 bits per heavy atom. The Balaban J connectivity index is 1.78. The second kappa shape index (κ2) is 10.1. The number of carbonyl (C=O) groups excluding carboxylic acids is 3. The van der Waals surface area contributed by atoms with Gasteiger partial charge in [0.15, 0.2) is 0 Å². The number of anilines is 1. The zero-order valence-corrected chi connectivity index (χ0v) is 19.2. The maximum Gasteiger partial charge on any atom is 0.341 e. The van der Waals surface area contributed by atoms with Crippen molar-refractivity contribution in [2.24, 2.45) is 0 Å². The van der Waals surface area contributed by atoms with Crippen molar-refractivity contribution in [1.82, 2.24) is 10.2 Å². The lowest BCUT2D eigenvalue weighted by molar-refractivity contribution is -0.117. The highest BCUT2D eigenvalue weighted by Crippen LogP contribution is 2.35. The minimum absolute atomic E-state index is 0.173. The molecule has 0 bridgehead atoms. The summed E-state index contributed by atoms with van der Waals surface area (Å²) < 4.78 is 5.15. The van der Waals surface area contributed by atoms with Crippen LogP contribution in [0.25, 0.3) is 0 Å². The van der Waals surface area contributed by atoms with Gasteiger partial charge in [0.25, 0.3) is 5.91 Å². The summed E-state index contributed by atoms with van der Waals surface area (Å²) in [6.45, 7) is 3.79. The molecule has 1 heterocycles. The number of carbonyl (C=O) groups is 3. The fraction of sp³-hybridized carbons (Fsp3) is 0.435. The van der Waals surface area contributed by atoms with Gasteiger partial charge in [-0.05, 0) is 56.8 Å². The third kappa shape index (κ3) is 4.97. The van der Waals surface area contributed by atoms with Crippen LogP contribution in [-0.2, 0) is 16.0 Å². The average molecular weight is 444 g/mol. The fourth-order valence-corrected chi connectivity index (χ4v) is 5.23. The molecule has 0 fully saturated rings. The standard InChI is InChI=1S/C23H29N3O4S/c1-5-30-23(29)19-14(2)20(21(28)24-3)31-22(19)25-18(27)13-26(4)17-12-8-10-15-9-6-7-11-16(15)17/h6-7,9,11,17H,5,8,10,12-13H2,1-4H3,(H,24,28)(H,25,27). The summed E-state index contributed by atoms with van der Waals surface area (Å²) >= 11 is 1.09. The first kappa shape index (κ1) is 23.0. The third-order valence-corrected chi connectivity index (χ3v) is 6.78. The molecule has 1 aliphatic rings. The number of amides is 2. The van der Waals surface area contributed by atoms with Crippen LogP contribution in [0.2, 0.25) is 0 Å². The summed E-state index contributed by atoms with van der Waals surface area (Å²) in [5.41, 5.74) is 3.35. The molecule has 0 saturated carbocycles. The number of esters is 1. The molecular weight excluding hydrogens is 414 g/mol. The summed E-state index contributed by atoms with van der Waals surface area (Å²) in [6.07, 6.45) is 3.14. The number of rotatable bonds is 7. The Morgan fingerprint density at radius 3 is 2.71 bits per heavy atom. The summed E-state index contributed by atoms with van der Waals surface area (Å²) in [4.78, 5) is 40.0. The number of ether oxygens (including phenoxy) is 1. The third-order valence-electron chi connectivity index (χ3n) is 5.58. The van der Waals surface area contributed by atoms with E-state index in [-0.39, 0.29) is 36.6 Å². The van der Waals surface area contributed by atoms with Crippen molar-refractivity contribution < 1.29 is 19.1 Å². The van der Waals surface area contributed by atoms with E-state index in [2.05, 4.69) is 22.8 Å². The summed E-state index contributed by atoms with van der Waals surface area (Å²) in [7, 11) is 3.47. The zero-order valence-electron chi connectivity index (χ0n) is 18.4. The van der Waals surface area contributed by atoms with Crippen LogP contribution in [0.3, 0.4) is 0 Å². The maximum atomic E-state index is 12.9. The Morgan fingerprint density at radius 2 is 2.00 bits per heavy atom. The van der Waals surface area contributed by atoms with Crippen LogP contribution in [0.4, 0.5) is 5.00 Å². The normalized spacial score (nSPS) is 15.3. The van der Waals surface area contributed by atoms with Gasteiger partial charge >= 0.3 is 5.97 Å². The molecule has 1 aliphatic carbocycles. The number of nitrogens with one attached hydrogen (secondary N) is 2. The molecule has 7 nitrogen and oxygen atoms in total. The smallest absolute Gasteiger partial charge is 0.341 e. The van der Waals surface area contributed by atoms with Crippen LogP contribution in [0.5, 0.6) is 0 Å². The van der Waals surface area contributed by atoms with Crippen molar-refractivity contribution in [2.75, 3.05) is 32.6 Å². The van der Waals surface area contributed by atoms with Crippen molar-refractivity contribution >= 4 is 34.1 Å². The van der Waals surface area contributed by atoms with Gasteiger partial charge in [-0.3, -0.25) is 14.5 Å². The molecule has 1 aromatic carbocycles. The number of thiophene rings is 1. The quantitative estimate of drug-likeness (QED) is 0.639. The first-order valence-corrected chi connectivity index (χ1v) is 11.3. The summed E-state index contributed by atoms with van der Waals surface area (Å²) in [5, 5.41) is 5.76. The van der Waals surface area contributed by atoms with Gasteiger partial charge in [0.1, 0.15) is 5.00 Å². The van der Waals surface area contributed by atoms with E-state index < -0.39 is 5.97 Å². The fourth-order valence-electron chi connectivity index (χ4n) is 4.07. The lowest BCUT2D eigenvalue weighted by Crippen LogP contribution is -2.35. The number of hydrogen-bond acceptors (Lipinski definition) is 6. The Hall–Kier alpha value is -2.71. The van der Waals surface area contributed by atoms with Gasteiger partial charge in [-0.15, -0.1) is 11.3 Å². The van der Waals surface area contributed by atoms with Gasteiger partial charge in [0, 0.05) is 13.1 Å². The largest absolute Gasteiger partial charge is 0.462 e. The molecule has 0 saturated heterocycles. The first-order chi connectivity index (χ1) is 14.9. The first-order valence-electron chi connectivity index (χ1n) is 10.5. The number of hydrogen-bond donors (Lipinski definition) is 2. The van der Waals surface area contributed by atoms with Gasteiger partial charge < -0.3 is 15.4 Å². The summed E-state index contributed by atoms with van der Waals surface area (Å²) in [5.74, 6) is -1.08. The molecule has 1 unspecified atom stereocenters. The molecule has 1 atom stereocenters. The Bertz CT molecular complexity index is 985. The number of likely N-dealkylation sites (N-methyl/N-ethyl adjacent to an activating group) is 1. The molecule has 166 valence electrons. The minimum atomic E-state index is -0.545. The average Bonchev–Trinajstić information content (AvgIpc) is 3.08. The minimum Gasteiger partial charge on any atom is -0.462 e. The number of nitrogens with zero attached hydrogens (tertiary/aromatic N) is 1.